The molecule has 0 aliphatic carbocycles. The van der Waals surface area contributed by atoms with E-state index < -0.39 is 0 Å². The van der Waals surface area contributed by atoms with Crippen LogP contribution in [-0.4, -0.2) is 63.9 Å². The van der Waals surface area contributed by atoms with Gasteiger partial charge < -0.3 is 25.1 Å². The van der Waals surface area contributed by atoms with Crippen molar-refractivity contribution < 1.29 is 15.3 Å². The van der Waals surface area contributed by atoms with Crippen LogP contribution in [0.1, 0.15) is 63.0 Å². The van der Waals surface area contributed by atoms with Gasteiger partial charge in [0, 0.05) is 12.6 Å². The highest BCUT2D eigenvalue weighted by molar-refractivity contribution is 5.40. The van der Waals surface area contributed by atoms with Crippen molar-refractivity contribution in [3.05, 3.63) is 53.6 Å². The van der Waals surface area contributed by atoms with E-state index in [-0.39, 0.29) is 11.5 Å². The van der Waals surface area contributed by atoms with Crippen molar-refractivity contribution in [1.82, 2.24) is 9.80 Å². The molecule has 0 spiro atoms. The molecule has 2 aromatic rings. The van der Waals surface area contributed by atoms with Crippen molar-refractivity contribution in [2.24, 2.45) is 0 Å². The summed E-state index contributed by atoms with van der Waals surface area (Å²) in [6.07, 6.45) is 10.7. The number of nitrogens with zero attached hydrogens (tertiary/aromatic N) is 2. The summed E-state index contributed by atoms with van der Waals surface area (Å²) in [6, 6.07) is 13.5. The fourth-order valence-electron chi connectivity index (χ4n) is 4.88. The Labute approximate surface area is 199 Å². The van der Waals surface area contributed by atoms with Gasteiger partial charge in [0.25, 0.3) is 0 Å². The quantitative estimate of drug-likeness (QED) is 0.266. The number of likely N-dealkylation sites (tertiary alicyclic amines) is 1. The summed E-state index contributed by atoms with van der Waals surface area (Å²) < 4.78 is 0. The first-order chi connectivity index (χ1) is 16.0. The Morgan fingerprint density at radius 1 is 0.848 bits per heavy atom. The van der Waals surface area contributed by atoms with E-state index in [2.05, 4.69) is 28.9 Å². The molecule has 1 atom stereocenters. The topological polar surface area (TPSA) is 67.2 Å². The Bertz CT molecular complexity index is 824. The van der Waals surface area contributed by atoms with E-state index in [4.69, 9.17) is 0 Å². The Morgan fingerprint density at radius 2 is 1.61 bits per heavy atom. The summed E-state index contributed by atoms with van der Waals surface area (Å²) in [5, 5.41) is 28.7. The van der Waals surface area contributed by atoms with Crippen molar-refractivity contribution in [2.45, 2.75) is 70.8 Å². The molecule has 0 amide bonds. The minimum absolute atomic E-state index is 0.0294. The number of rotatable bonds is 14. The monoisotopic (exact) mass is 454 g/mol. The Hall–Kier alpha value is -2.24. The average Bonchev–Trinajstić information content (AvgIpc) is 3.25. The van der Waals surface area contributed by atoms with Gasteiger partial charge in [0.05, 0.1) is 0 Å². The van der Waals surface area contributed by atoms with Gasteiger partial charge in [-0.3, -0.25) is 0 Å². The molecule has 3 rings (SSSR count). The van der Waals surface area contributed by atoms with Gasteiger partial charge in [-0.25, -0.2) is 0 Å². The van der Waals surface area contributed by atoms with Crippen LogP contribution in [-0.2, 0) is 12.8 Å². The van der Waals surface area contributed by atoms with E-state index in [1.54, 1.807) is 24.3 Å². The molecule has 3 N–H and O–H groups in total. The highest BCUT2D eigenvalue weighted by Crippen LogP contribution is 2.25. The molecular formula is C28H42N2O3. The highest BCUT2D eigenvalue weighted by Gasteiger charge is 2.24. The van der Waals surface area contributed by atoms with Crippen LogP contribution < -0.4 is 0 Å². The maximum Gasteiger partial charge on any atom is 0.157 e. The molecule has 33 heavy (non-hydrogen) atoms. The zero-order valence-corrected chi connectivity index (χ0v) is 20.3. The van der Waals surface area contributed by atoms with E-state index in [1.165, 1.54) is 63.6 Å². The number of phenolic OH excluding ortho intramolecular Hbond substituents is 3. The number of hydrogen-bond acceptors (Lipinski definition) is 5. The summed E-state index contributed by atoms with van der Waals surface area (Å²) in [5.41, 5.74) is 2.39. The lowest BCUT2D eigenvalue weighted by Gasteiger charge is -2.25. The lowest BCUT2D eigenvalue weighted by molar-refractivity contribution is 0.237. The Balaban J connectivity index is 1.36. The van der Waals surface area contributed by atoms with Crippen molar-refractivity contribution in [3.8, 4) is 17.2 Å². The third-order valence-electron chi connectivity index (χ3n) is 6.91. The second-order valence-electron chi connectivity index (χ2n) is 9.53. The normalized spacial score (nSPS) is 16.6. The third-order valence-corrected chi connectivity index (χ3v) is 6.91. The third kappa shape index (κ3) is 8.56. The lowest BCUT2D eigenvalue weighted by Crippen LogP contribution is -2.32. The lowest BCUT2D eigenvalue weighted by atomic mass is 10.0. The van der Waals surface area contributed by atoms with Gasteiger partial charge in [-0.15, -0.1) is 0 Å². The predicted octanol–water partition coefficient (Wildman–Crippen LogP) is 5.33. The van der Waals surface area contributed by atoms with Crippen LogP contribution in [0.25, 0.3) is 0 Å². The SMILES string of the molecule is CCCCN(CCCCCN1CCC[C@@H]1Cc1ccc(O)cc1)CCc1ccc(O)c(O)c1. The summed E-state index contributed by atoms with van der Waals surface area (Å²) in [5.74, 6) is 0.263. The minimum atomic E-state index is -0.0510. The average molecular weight is 455 g/mol. The van der Waals surface area contributed by atoms with Gasteiger partial charge in [-0.05, 0) is 107 Å². The molecule has 182 valence electrons. The van der Waals surface area contributed by atoms with Crippen LogP contribution in [0.5, 0.6) is 17.2 Å². The molecular weight excluding hydrogens is 412 g/mol. The van der Waals surface area contributed by atoms with Crippen LogP contribution in [0.4, 0.5) is 0 Å². The number of phenols is 3. The van der Waals surface area contributed by atoms with E-state index >= 15 is 0 Å². The van der Waals surface area contributed by atoms with Crippen LogP contribution in [0.3, 0.4) is 0 Å². The Morgan fingerprint density at radius 3 is 2.36 bits per heavy atom. The first-order valence-corrected chi connectivity index (χ1v) is 12.8. The van der Waals surface area contributed by atoms with E-state index in [0.29, 0.717) is 11.8 Å². The molecule has 1 fully saturated rings. The zero-order valence-electron chi connectivity index (χ0n) is 20.3. The molecule has 0 unspecified atom stereocenters. The second-order valence-corrected chi connectivity index (χ2v) is 9.53. The van der Waals surface area contributed by atoms with Crippen molar-refractivity contribution in [3.63, 3.8) is 0 Å². The molecule has 2 aromatic carbocycles. The van der Waals surface area contributed by atoms with Gasteiger partial charge in [-0.1, -0.05) is 38.0 Å². The summed E-state index contributed by atoms with van der Waals surface area (Å²) in [4.78, 5) is 5.22. The van der Waals surface area contributed by atoms with Crippen molar-refractivity contribution in [2.75, 3.05) is 32.7 Å². The number of benzene rings is 2. The molecule has 1 heterocycles. The molecule has 0 aromatic heterocycles. The standard InChI is InChI=1S/C28H42N2O3/c1-2-3-16-29(20-15-24-11-14-27(32)28(33)22-24)17-5-4-6-18-30-19-7-8-25(30)21-23-9-12-26(31)13-10-23/h9-14,22,25,31-33H,2-8,15-21H2,1H3/t25-/m1/s1. The first-order valence-electron chi connectivity index (χ1n) is 12.8. The molecule has 1 aliphatic heterocycles. The first kappa shape index (κ1) is 25.4. The Kier molecular flexibility index (Phi) is 10.4. The smallest absolute Gasteiger partial charge is 0.157 e. The molecule has 0 bridgehead atoms. The van der Waals surface area contributed by atoms with Gasteiger partial charge in [-0.2, -0.15) is 0 Å². The summed E-state index contributed by atoms with van der Waals surface area (Å²) >= 11 is 0. The fraction of sp³-hybridized carbons (Fsp3) is 0.571. The maximum atomic E-state index is 9.73. The maximum absolute atomic E-state index is 9.73. The fourth-order valence-corrected chi connectivity index (χ4v) is 4.88. The molecule has 0 saturated carbocycles. The van der Waals surface area contributed by atoms with E-state index in [1.807, 2.05) is 6.07 Å². The molecule has 1 aliphatic rings. The van der Waals surface area contributed by atoms with Gasteiger partial charge in [0.15, 0.2) is 11.5 Å². The number of unbranched alkanes of at least 4 members (excludes halogenated alkanes) is 3. The van der Waals surface area contributed by atoms with Gasteiger partial charge in [0.2, 0.25) is 0 Å². The van der Waals surface area contributed by atoms with Crippen LogP contribution in [0.2, 0.25) is 0 Å². The van der Waals surface area contributed by atoms with Gasteiger partial charge in [0.1, 0.15) is 5.75 Å². The van der Waals surface area contributed by atoms with Gasteiger partial charge >= 0.3 is 0 Å². The summed E-state index contributed by atoms with van der Waals surface area (Å²) in [7, 11) is 0. The van der Waals surface area contributed by atoms with Crippen LogP contribution >= 0.6 is 0 Å². The minimum Gasteiger partial charge on any atom is -0.508 e. The summed E-state index contributed by atoms with van der Waals surface area (Å²) in [6.45, 7) is 7.88. The van der Waals surface area contributed by atoms with Crippen molar-refractivity contribution >= 4 is 0 Å². The predicted molar refractivity (Wildman–Crippen MR) is 135 cm³/mol. The molecule has 5 heteroatoms. The largest absolute Gasteiger partial charge is 0.508 e. The molecule has 5 nitrogen and oxygen atoms in total. The number of aromatic hydroxyl groups is 3. The van der Waals surface area contributed by atoms with E-state index in [9.17, 15) is 15.3 Å². The van der Waals surface area contributed by atoms with E-state index in [0.717, 1.165) is 38.0 Å². The van der Waals surface area contributed by atoms with Crippen LogP contribution in [0.15, 0.2) is 42.5 Å². The molecule has 0 radical (unpaired) electrons. The number of hydrogen-bond donors (Lipinski definition) is 3. The zero-order chi connectivity index (χ0) is 23.5. The second kappa shape index (κ2) is 13.5. The van der Waals surface area contributed by atoms with Crippen molar-refractivity contribution in [1.29, 1.82) is 0 Å². The van der Waals surface area contributed by atoms with Crippen LogP contribution in [0, 0.1) is 0 Å². The highest BCUT2D eigenvalue weighted by atomic mass is 16.3. The molecule has 1 saturated heterocycles.